The molecule has 4 heterocycles. The smallest absolute Gasteiger partial charge is 0.160 e. The second-order valence-corrected chi connectivity index (χ2v) is 12.1. The Bertz CT molecular complexity index is 3020. The molecule has 0 aliphatic carbocycles. The minimum absolute atomic E-state index is 0.858. The van der Waals surface area contributed by atoms with Crippen LogP contribution in [0.15, 0.2) is 154 Å². The van der Waals surface area contributed by atoms with Gasteiger partial charge in [0.15, 0.2) is 11.2 Å². The highest BCUT2D eigenvalue weighted by atomic mass is 16.3. The largest absolute Gasteiger partial charge is 0.454 e. The molecule has 4 nitrogen and oxygen atoms in total. The Morgan fingerprint density at radius 2 is 0.978 bits per heavy atom. The molecule has 0 aliphatic heterocycles. The molecule has 0 amide bonds. The summed E-state index contributed by atoms with van der Waals surface area (Å²) >= 11 is 0. The van der Waals surface area contributed by atoms with E-state index in [4.69, 9.17) is 8.83 Å². The first-order chi connectivity index (χ1) is 22.8. The zero-order valence-electron chi connectivity index (χ0n) is 24.6. The van der Waals surface area contributed by atoms with Crippen molar-refractivity contribution in [3.05, 3.63) is 146 Å². The topological polar surface area (TPSA) is 36.1 Å². The molecule has 214 valence electrons. The number of furan rings is 2. The highest BCUT2D eigenvalue weighted by Crippen LogP contribution is 2.44. The fourth-order valence-electron chi connectivity index (χ4n) is 7.76. The van der Waals surface area contributed by atoms with E-state index in [2.05, 4.69) is 143 Å². The summed E-state index contributed by atoms with van der Waals surface area (Å²) in [6, 6.07) is 51.5. The fraction of sp³-hybridized carbons (Fsp3) is 0. The molecule has 0 saturated heterocycles. The molecule has 4 aromatic heterocycles. The first-order valence-corrected chi connectivity index (χ1v) is 15.6. The minimum Gasteiger partial charge on any atom is -0.454 e. The van der Waals surface area contributed by atoms with E-state index in [1.54, 1.807) is 0 Å². The van der Waals surface area contributed by atoms with Crippen molar-refractivity contribution in [1.82, 2.24) is 9.13 Å². The van der Waals surface area contributed by atoms with Crippen LogP contribution in [0.1, 0.15) is 0 Å². The van der Waals surface area contributed by atoms with Gasteiger partial charge in [-0.05, 0) is 54.6 Å². The first kappa shape index (κ1) is 24.1. The van der Waals surface area contributed by atoms with Gasteiger partial charge < -0.3 is 18.0 Å². The third kappa shape index (κ3) is 3.03. The second-order valence-electron chi connectivity index (χ2n) is 12.1. The molecular weight excluding hydrogens is 564 g/mol. The quantitative estimate of drug-likeness (QED) is 0.201. The third-order valence-electron chi connectivity index (χ3n) is 9.71. The lowest BCUT2D eigenvalue weighted by Gasteiger charge is -2.09. The maximum absolute atomic E-state index is 6.89. The maximum Gasteiger partial charge on any atom is 0.160 e. The average Bonchev–Trinajstić information content (AvgIpc) is 3.85. The van der Waals surface area contributed by atoms with Crippen molar-refractivity contribution in [2.24, 2.45) is 0 Å². The Kier molecular flexibility index (Phi) is 4.55. The van der Waals surface area contributed by atoms with Crippen LogP contribution in [0.3, 0.4) is 0 Å². The van der Waals surface area contributed by atoms with Crippen molar-refractivity contribution < 1.29 is 8.83 Å². The SMILES string of the molecule is c1ccc(-n2c3ccccc3c3cc4oc5c(-n6c7ccccc7c7ccc8c9ccccc9oc8c76)cccc5c4cc32)cc1. The molecule has 46 heavy (non-hydrogen) atoms. The molecule has 0 spiro atoms. The fourth-order valence-corrected chi connectivity index (χ4v) is 7.76. The Labute approximate surface area is 261 Å². The van der Waals surface area contributed by atoms with Crippen LogP contribution in [0.2, 0.25) is 0 Å². The molecule has 7 aromatic carbocycles. The van der Waals surface area contributed by atoms with E-state index in [9.17, 15) is 0 Å². The molecule has 0 fully saturated rings. The van der Waals surface area contributed by atoms with Crippen molar-refractivity contribution in [3.8, 4) is 11.4 Å². The number of para-hydroxylation sites is 5. The van der Waals surface area contributed by atoms with E-state index in [0.717, 1.165) is 77.2 Å². The summed E-state index contributed by atoms with van der Waals surface area (Å²) in [4.78, 5) is 0. The lowest BCUT2D eigenvalue weighted by Crippen LogP contribution is -1.94. The zero-order valence-corrected chi connectivity index (χ0v) is 24.6. The summed E-state index contributed by atoms with van der Waals surface area (Å²) < 4.78 is 18.2. The van der Waals surface area contributed by atoms with E-state index in [1.807, 2.05) is 12.1 Å². The van der Waals surface area contributed by atoms with Gasteiger partial charge in [-0.2, -0.15) is 0 Å². The van der Waals surface area contributed by atoms with Crippen LogP contribution in [-0.2, 0) is 0 Å². The lowest BCUT2D eigenvalue weighted by molar-refractivity contribution is 0.665. The molecule has 0 bridgehead atoms. The van der Waals surface area contributed by atoms with E-state index in [1.165, 1.54) is 21.7 Å². The summed E-state index contributed by atoms with van der Waals surface area (Å²) in [6.45, 7) is 0. The van der Waals surface area contributed by atoms with Crippen LogP contribution in [0.4, 0.5) is 0 Å². The molecule has 11 aromatic rings. The average molecular weight is 589 g/mol. The van der Waals surface area contributed by atoms with Gasteiger partial charge in [-0.3, -0.25) is 0 Å². The molecular formula is C42H24N2O2. The van der Waals surface area contributed by atoms with Gasteiger partial charge >= 0.3 is 0 Å². The standard InChI is InChI=1S/C42H24N2O2/c1-2-11-25(12-3-1)43-34-17-7-5-14-27(34)32-24-39-33(23-37(32)43)30-16-10-19-36(41(30)46-39)44-35-18-8-4-13-26(35)29-21-22-31-28-15-6-9-20-38(28)45-42(31)40(29)44/h1-24H. The number of hydrogen-bond donors (Lipinski definition) is 0. The van der Waals surface area contributed by atoms with E-state index in [0.29, 0.717) is 0 Å². The normalized spacial score (nSPS) is 12.3. The molecule has 11 rings (SSSR count). The van der Waals surface area contributed by atoms with Gasteiger partial charge in [-0.25, -0.2) is 0 Å². The van der Waals surface area contributed by atoms with Crippen LogP contribution in [-0.4, -0.2) is 9.13 Å². The number of hydrogen-bond acceptors (Lipinski definition) is 2. The van der Waals surface area contributed by atoms with E-state index >= 15 is 0 Å². The van der Waals surface area contributed by atoms with Gasteiger partial charge in [0.05, 0.1) is 27.8 Å². The maximum atomic E-state index is 6.89. The highest BCUT2D eigenvalue weighted by molar-refractivity contribution is 6.23. The molecule has 0 radical (unpaired) electrons. The Morgan fingerprint density at radius 3 is 1.83 bits per heavy atom. The first-order valence-electron chi connectivity index (χ1n) is 15.6. The van der Waals surface area contributed by atoms with E-state index in [-0.39, 0.29) is 0 Å². The van der Waals surface area contributed by atoms with Crippen molar-refractivity contribution in [3.63, 3.8) is 0 Å². The van der Waals surface area contributed by atoms with Crippen molar-refractivity contribution >= 4 is 87.5 Å². The zero-order chi connectivity index (χ0) is 29.9. The molecule has 0 aliphatic rings. The number of benzene rings is 7. The van der Waals surface area contributed by atoms with Gasteiger partial charge in [0.2, 0.25) is 0 Å². The monoisotopic (exact) mass is 588 g/mol. The Hall–Kier alpha value is -6.26. The van der Waals surface area contributed by atoms with E-state index < -0.39 is 0 Å². The molecule has 0 N–H and O–H groups in total. The molecule has 4 heteroatoms. The lowest BCUT2D eigenvalue weighted by atomic mass is 10.1. The predicted molar refractivity (Wildman–Crippen MR) is 190 cm³/mol. The van der Waals surface area contributed by atoms with Crippen molar-refractivity contribution in [2.75, 3.05) is 0 Å². The van der Waals surface area contributed by atoms with Gasteiger partial charge in [-0.15, -0.1) is 0 Å². The number of aromatic nitrogens is 2. The van der Waals surface area contributed by atoms with Gasteiger partial charge in [0.1, 0.15) is 11.2 Å². The van der Waals surface area contributed by atoms with Crippen LogP contribution >= 0.6 is 0 Å². The summed E-state index contributed by atoms with van der Waals surface area (Å²) in [5, 5.41) is 9.13. The van der Waals surface area contributed by atoms with Crippen molar-refractivity contribution in [2.45, 2.75) is 0 Å². The number of rotatable bonds is 2. The Morgan fingerprint density at radius 1 is 0.348 bits per heavy atom. The van der Waals surface area contributed by atoms with Gasteiger partial charge in [0.25, 0.3) is 0 Å². The van der Waals surface area contributed by atoms with Crippen LogP contribution in [0.25, 0.3) is 98.9 Å². The molecule has 0 saturated carbocycles. The van der Waals surface area contributed by atoms with Crippen LogP contribution in [0.5, 0.6) is 0 Å². The number of fused-ring (bicyclic) bond motifs is 13. The van der Waals surface area contributed by atoms with Crippen molar-refractivity contribution in [1.29, 1.82) is 0 Å². The van der Waals surface area contributed by atoms with Gasteiger partial charge in [0, 0.05) is 48.8 Å². The Balaban J connectivity index is 1.27. The predicted octanol–water partition coefficient (Wildman–Crippen LogP) is 11.7. The van der Waals surface area contributed by atoms with Crippen LogP contribution in [0, 0.1) is 0 Å². The highest BCUT2D eigenvalue weighted by Gasteiger charge is 2.22. The number of nitrogens with zero attached hydrogens (tertiary/aromatic N) is 2. The molecule has 0 atom stereocenters. The summed E-state index contributed by atoms with van der Waals surface area (Å²) in [6.07, 6.45) is 0. The summed E-state index contributed by atoms with van der Waals surface area (Å²) in [7, 11) is 0. The minimum atomic E-state index is 0.858. The van der Waals surface area contributed by atoms with Gasteiger partial charge in [-0.1, -0.05) is 91.0 Å². The summed E-state index contributed by atoms with van der Waals surface area (Å²) in [5.41, 5.74) is 10.2. The second kappa shape index (κ2) is 8.68. The molecule has 0 unspecified atom stereocenters. The summed E-state index contributed by atoms with van der Waals surface area (Å²) in [5.74, 6) is 0. The third-order valence-corrected chi connectivity index (χ3v) is 9.71. The van der Waals surface area contributed by atoms with Crippen LogP contribution < -0.4 is 0 Å².